The van der Waals surface area contributed by atoms with Crippen molar-refractivity contribution >= 4 is 43.6 Å². The van der Waals surface area contributed by atoms with Crippen LogP contribution in [0.3, 0.4) is 0 Å². The number of H-pyrrole nitrogens is 2. The van der Waals surface area contributed by atoms with Crippen LogP contribution >= 0.6 is 0 Å². The van der Waals surface area contributed by atoms with Crippen molar-refractivity contribution in [2.75, 3.05) is 13.2 Å². The SMILES string of the molecule is Cc1cc(C2CO2)c2[nH]c3cc4c(=O)c5cc(C)cc(C6CO6)c5[nH]c4cc3c(=O)c2c1. The Balaban J connectivity index is 1.62. The molecule has 0 aliphatic carbocycles. The van der Waals surface area contributed by atoms with Crippen molar-refractivity contribution in [3.63, 3.8) is 0 Å². The molecular weight excluding hydrogens is 404 g/mol. The van der Waals surface area contributed by atoms with Gasteiger partial charge >= 0.3 is 0 Å². The van der Waals surface area contributed by atoms with Gasteiger partial charge in [0.05, 0.1) is 35.3 Å². The van der Waals surface area contributed by atoms with E-state index in [2.05, 4.69) is 22.1 Å². The number of nitrogens with one attached hydrogen (secondary N) is 2. The standard InChI is InChI=1S/C26H20N2O4/c1-11-3-15(21-9-31-21)23-17(5-11)25(29)13-7-20-14(8-19(13)27-23)26(30)18-6-12(2)4-16(22-10-32-22)24(18)28-20/h3-8,21-22H,9-10H2,1-2H3,(H,27,29)(H,28,30). The van der Waals surface area contributed by atoms with E-state index in [1.807, 2.05) is 26.0 Å². The number of ether oxygens (including phenoxy) is 2. The van der Waals surface area contributed by atoms with E-state index < -0.39 is 0 Å². The molecule has 0 spiro atoms. The van der Waals surface area contributed by atoms with E-state index in [1.165, 1.54) is 0 Å². The number of benzene rings is 3. The van der Waals surface area contributed by atoms with Crippen LogP contribution in [-0.4, -0.2) is 23.2 Å². The molecule has 2 aliphatic rings. The molecular formula is C26H20N2O4. The van der Waals surface area contributed by atoms with Crippen molar-refractivity contribution in [1.82, 2.24) is 9.97 Å². The lowest BCUT2D eigenvalue weighted by Gasteiger charge is -2.11. The average molecular weight is 424 g/mol. The minimum Gasteiger partial charge on any atom is -0.368 e. The number of aromatic nitrogens is 2. The van der Waals surface area contributed by atoms with E-state index in [9.17, 15) is 9.59 Å². The number of epoxide rings is 2. The summed E-state index contributed by atoms with van der Waals surface area (Å²) in [7, 11) is 0. The molecule has 0 saturated carbocycles. The molecule has 2 aliphatic heterocycles. The van der Waals surface area contributed by atoms with Crippen molar-refractivity contribution in [2.45, 2.75) is 26.1 Å². The first-order chi connectivity index (χ1) is 15.5. The van der Waals surface area contributed by atoms with Gasteiger partial charge in [-0.25, -0.2) is 0 Å². The van der Waals surface area contributed by atoms with Gasteiger partial charge in [0.1, 0.15) is 12.2 Å². The predicted octanol–water partition coefficient (Wildman–Crippen LogP) is 4.44. The van der Waals surface area contributed by atoms with Crippen molar-refractivity contribution in [3.05, 3.63) is 79.1 Å². The third-order valence-electron chi connectivity index (χ3n) is 6.64. The molecule has 2 N–H and O–H groups in total. The maximum atomic E-state index is 13.5. The van der Waals surface area contributed by atoms with Crippen molar-refractivity contribution < 1.29 is 9.47 Å². The lowest BCUT2D eigenvalue weighted by atomic mass is 9.99. The van der Waals surface area contributed by atoms with Gasteiger partial charge in [0.25, 0.3) is 0 Å². The molecule has 6 heteroatoms. The van der Waals surface area contributed by atoms with Crippen LogP contribution in [0.25, 0.3) is 43.6 Å². The Hall–Kier alpha value is -3.48. The molecule has 158 valence electrons. The van der Waals surface area contributed by atoms with Gasteiger partial charge < -0.3 is 19.4 Å². The Morgan fingerprint density at radius 1 is 0.656 bits per heavy atom. The Morgan fingerprint density at radius 3 is 1.44 bits per heavy atom. The zero-order chi connectivity index (χ0) is 21.7. The van der Waals surface area contributed by atoms with Crippen LogP contribution in [0, 0.1) is 13.8 Å². The maximum Gasteiger partial charge on any atom is 0.197 e. The molecule has 3 aromatic carbocycles. The van der Waals surface area contributed by atoms with Crippen LogP contribution in [0.5, 0.6) is 0 Å². The summed E-state index contributed by atoms with van der Waals surface area (Å²) in [4.78, 5) is 33.8. The van der Waals surface area contributed by atoms with E-state index in [-0.39, 0.29) is 23.1 Å². The highest BCUT2D eigenvalue weighted by Crippen LogP contribution is 2.36. The molecule has 2 saturated heterocycles. The van der Waals surface area contributed by atoms with Crippen molar-refractivity contribution in [2.24, 2.45) is 0 Å². The summed E-state index contributed by atoms with van der Waals surface area (Å²) in [6.45, 7) is 5.30. The predicted molar refractivity (Wildman–Crippen MR) is 125 cm³/mol. The fourth-order valence-electron chi connectivity index (χ4n) is 4.97. The van der Waals surface area contributed by atoms with Crippen molar-refractivity contribution in [1.29, 1.82) is 0 Å². The highest BCUT2D eigenvalue weighted by atomic mass is 16.6. The molecule has 2 fully saturated rings. The Morgan fingerprint density at radius 2 is 1.06 bits per heavy atom. The molecule has 6 nitrogen and oxygen atoms in total. The minimum absolute atomic E-state index is 0.0179. The second-order valence-corrected chi connectivity index (χ2v) is 9.05. The second-order valence-electron chi connectivity index (χ2n) is 9.05. The fourth-order valence-corrected chi connectivity index (χ4v) is 4.97. The zero-order valence-electron chi connectivity index (χ0n) is 17.7. The van der Waals surface area contributed by atoms with Gasteiger partial charge in [0.2, 0.25) is 0 Å². The average Bonchev–Trinajstić information content (AvgIpc) is 3.67. The molecule has 4 heterocycles. The van der Waals surface area contributed by atoms with Gasteiger partial charge in [-0.3, -0.25) is 9.59 Å². The van der Waals surface area contributed by atoms with Crippen LogP contribution in [-0.2, 0) is 9.47 Å². The first-order valence-corrected chi connectivity index (χ1v) is 10.8. The highest BCUT2D eigenvalue weighted by molar-refractivity contribution is 6.03. The smallest absolute Gasteiger partial charge is 0.197 e. The quantitative estimate of drug-likeness (QED) is 0.324. The van der Waals surface area contributed by atoms with E-state index >= 15 is 0 Å². The van der Waals surface area contributed by atoms with Gasteiger partial charge in [-0.05, 0) is 49.2 Å². The first-order valence-electron chi connectivity index (χ1n) is 10.8. The number of hydrogen-bond donors (Lipinski definition) is 2. The number of aromatic amines is 2. The first kappa shape index (κ1) is 18.1. The molecule has 5 aromatic rings. The summed E-state index contributed by atoms with van der Waals surface area (Å²) < 4.78 is 11.0. The summed E-state index contributed by atoms with van der Waals surface area (Å²) in [5, 5.41) is 2.41. The van der Waals surface area contributed by atoms with Gasteiger partial charge in [0.15, 0.2) is 10.9 Å². The second kappa shape index (κ2) is 6.06. The molecule has 2 unspecified atom stereocenters. The Bertz CT molecular complexity index is 1620. The molecule has 0 radical (unpaired) electrons. The number of fused-ring (bicyclic) bond motifs is 4. The number of rotatable bonds is 2. The molecule has 2 aromatic heterocycles. The third kappa shape index (κ3) is 2.54. The molecule has 0 amide bonds. The topological polar surface area (TPSA) is 90.8 Å². The van der Waals surface area contributed by atoms with Crippen LogP contribution in [0.2, 0.25) is 0 Å². The zero-order valence-corrected chi connectivity index (χ0v) is 17.7. The maximum absolute atomic E-state index is 13.5. The number of hydrogen-bond acceptors (Lipinski definition) is 4. The van der Waals surface area contributed by atoms with E-state index in [0.717, 1.165) is 33.3 Å². The summed E-state index contributed by atoms with van der Waals surface area (Å²) >= 11 is 0. The normalized spacial score (nSPS) is 19.9. The van der Waals surface area contributed by atoms with Gasteiger partial charge in [-0.15, -0.1) is 0 Å². The van der Waals surface area contributed by atoms with E-state index in [0.29, 0.717) is 45.8 Å². The van der Waals surface area contributed by atoms with Crippen LogP contribution in [0.1, 0.15) is 34.5 Å². The van der Waals surface area contributed by atoms with Crippen LogP contribution in [0.4, 0.5) is 0 Å². The molecule has 2 atom stereocenters. The van der Waals surface area contributed by atoms with Gasteiger partial charge in [-0.1, -0.05) is 12.1 Å². The summed E-state index contributed by atoms with van der Waals surface area (Å²) in [5.41, 5.74) is 6.84. The lowest BCUT2D eigenvalue weighted by Crippen LogP contribution is -2.10. The van der Waals surface area contributed by atoms with Gasteiger partial charge in [0, 0.05) is 32.7 Å². The highest BCUT2D eigenvalue weighted by Gasteiger charge is 2.29. The summed E-state index contributed by atoms with van der Waals surface area (Å²) in [5.74, 6) is 0. The lowest BCUT2D eigenvalue weighted by molar-refractivity contribution is 0.416. The monoisotopic (exact) mass is 424 g/mol. The number of pyridine rings is 2. The summed E-state index contributed by atoms with van der Waals surface area (Å²) in [6, 6.07) is 11.6. The number of aryl methyl sites for hydroxylation is 2. The minimum atomic E-state index is -0.0446. The molecule has 7 rings (SSSR count). The van der Waals surface area contributed by atoms with Crippen molar-refractivity contribution in [3.8, 4) is 0 Å². The Kier molecular flexibility index (Phi) is 3.43. The largest absolute Gasteiger partial charge is 0.368 e. The van der Waals surface area contributed by atoms with E-state index in [1.54, 1.807) is 12.1 Å². The van der Waals surface area contributed by atoms with Crippen LogP contribution < -0.4 is 10.9 Å². The van der Waals surface area contributed by atoms with Crippen LogP contribution in [0.15, 0.2) is 46.0 Å². The third-order valence-corrected chi connectivity index (χ3v) is 6.64. The van der Waals surface area contributed by atoms with Gasteiger partial charge in [-0.2, -0.15) is 0 Å². The van der Waals surface area contributed by atoms with E-state index in [4.69, 9.17) is 9.47 Å². The summed E-state index contributed by atoms with van der Waals surface area (Å²) in [6.07, 6.45) is 0.0358. The Labute approximate surface area is 181 Å². The molecule has 32 heavy (non-hydrogen) atoms. The molecule has 0 bridgehead atoms. The fraction of sp³-hybridized carbons (Fsp3) is 0.231.